The monoisotopic (exact) mass is 132 g/mol. The molecule has 0 amide bonds. The van der Waals surface area contributed by atoms with E-state index >= 15 is 0 Å². The average Bonchev–Trinajstić information content (AvgIpc) is 1.95. The van der Waals surface area contributed by atoms with Crippen molar-refractivity contribution in [3.05, 3.63) is 29.3 Å². The van der Waals surface area contributed by atoms with Crippen LogP contribution in [0, 0.1) is 13.8 Å². The second-order valence-electron chi connectivity index (χ2n) is 2.32. The second-order valence-corrected chi connectivity index (χ2v) is 2.32. The summed E-state index contributed by atoms with van der Waals surface area (Å²) in [6, 6.07) is 5.80. The van der Waals surface area contributed by atoms with Crippen LogP contribution in [0.4, 0.5) is 0 Å². The third kappa shape index (κ3) is 1.15. The van der Waals surface area contributed by atoms with Gasteiger partial charge in [-0.3, -0.25) is 0 Å². The summed E-state index contributed by atoms with van der Waals surface area (Å²) >= 11 is 0. The fourth-order valence-electron chi connectivity index (χ4n) is 0.852. The molecular weight excluding hydrogens is 123 g/mol. The third-order valence-electron chi connectivity index (χ3n) is 1.68. The van der Waals surface area contributed by atoms with Crippen molar-refractivity contribution in [3.8, 4) is 5.75 Å². The first-order valence-electron chi connectivity index (χ1n) is 3.18. The number of aryl methyl sites for hydroxylation is 1. The largest absolute Gasteiger partial charge is 0.568 e. The van der Waals surface area contributed by atoms with E-state index in [9.17, 15) is 0 Å². The van der Waals surface area contributed by atoms with Crippen molar-refractivity contribution >= 4 is 8.05 Å². The molecular formula is C8H9BO. The first kappa shape index (κ1) is 7.20. The van der Waals surface area contributed by atoms with Crippen LogP contribution in [0.3, 0.4) is 0 Å². The number of rotatable bonds is 1. The summed E-state index contributed by atoms with van der Waals surface area (Å²) in [5, 5.41) is 0. The van der Waals surface area contributed by atoms with Crippen molar-refractivity contribution in [2.45, 2.75) is 13.8 Å². The molecule has 2 radical (unpaired) electrons. The molecule has 0 heterocycles. The van der Waals surface area contributed by atoms with Crippen LogP contribution < -0.4 is 4.65 Å². The fraction of sp³-hybridized carbons (Fsp3) is 0.250. The summed E-state index contributed by atoms with van der Waals surface area (Å²) in [4.78, 5) is 0. The predicted molar refractivity (Wildman–Crippen MR) is 42.3 cm³/mol. The normalized spacial score (nSPS) is 9.40. The van der Waals surface area contributed by atoms with Crippen LogP contribution in [-0.2, 0) is 0 Å². The van der Waals surface area contributed by atoms with Gasteiger partial charge in [-0.1, -0.05) is 12.1 Å². The summed E-state index contributed by atoms with van der Waals surface area (Å²) in [5.41, 5.74) is 2.30. The van der Waals surface area contributed by atoms with E-state index in [-0.39, 0.29) is 0 Å². The van der Waals surface area contributed by atoms with E-state index in [1.165, 1.54) is 5.56 Å². The van der Waals surface area contributed by atoms with Crippen molar-refractivity contribution in [3.63, 3.8) is 0 Å². The van der Waals surface area contributed by atoms with Crippen molar-refractivity contribution in [1.29, 1.82) is 0 Å². The Kier molecular flexibility index (Phi) is 2.00. The zero-order valence-corrected chi connectivity index (χ0v) is 6.22. The van der Waals surface area contributed by atoms with E-state index in [0.29, 0.717) is 0 Å². The van der Waals surface area contributed by atoms with Crippen molar-refractivity contribution in [1.82, 2.24) is 0 Å². The lowest BCUT2D eigenvalue weighted by Crippen LogP contribution is -1.89. The number of benzene rings is 1. The Morgan fingerprint density at radius 3 is 2.50 bits per heavy atom. The van der Waals surface area contributed by atoms with Gasteiger partial charge in [0.15, 0.2) is 0 Å². The van der Waals surface area contributed by atoms with Gasteiger partial charge in [-0.15, -0.1) is 0 Å². The Morgan fingerprint density at radius 1 is 1.30 bits per heavy atom. The molecule has 0 aliphatic rings. The molecule has 0 aromatic heterocycles. The lowest BCUT2D eigenvalue weighted by atomic mass is 10.1. The van der Waals surface area contributed by atoms with Gasteiger partial charge >= 0.3 is 8.05 Å². The molecule has 0 fully saturated rings. The Bertz CT molecular complexity index is 233. The highest BCUT2D eigenvalue weighted by atomic mass is 16.4. The lowest BCUT2D eigenvalue weighted by molar-refractivity contribution is 0.609. The zero-order chi connectivity index (χ0) is 7.56. The van der Waals surface area contributed by atoms with E-state index in [2.05, 4.69) is 4.65 Å². The number of hydrogen-bond acceptors (Lipinski definition) is 1. The molecule has 0 aliphatic heterocycles. The minimum absolute atomic E-state index is 0.750. The summed E-state index contributed by atoms with van der Waals surface area (Å²) in [6.07, 6.45) is 0. The standard InChI is InChI=1S/C8H9BO/c1-6-4-3-5-8(10-9)7(6)2/h3-5H,1-2H3. The van der Waals surface area contributed by atoms with Gasteiger partial charge < -0.3 is 4.65 Å². The van der Waals surface area contributed by atoms with E-state index in [1.807, 2.05) is 32.0 Å². The van der Waals surface area contributed by atoms with Gasteiger partial charge in [-0.05, 0) is 31.0 Å². The molecule has 0 spiro atoms. The van der Waals surface area contributed by atoms with E-state index in [0.717, 1.165) is 11.3 Å². The quantitative estimate of drug-likeness (QED) is 0.529. The third-order valence-corrected chi connectivity index (χ3v) is 1.68. The van der Waals surface area contributed by atoms with Gasteiger partial charge in [0, 0.05) is 0 Å². The molecule has 1 rings (SSSR count). The van der Waals surface area contributed by atoms with Crippen LogP contribution in [0.1, 0.15) is 11.1 Å². The molecule has 10 heavy (non-hydrogen) atoms. The molecule has 50 valence electrons. The Labute approximate surface area is 62.5 Å². The fourth-order valence-corrected chi connectivity index (χ4v) is 0.852. The molecule has 1 aromatic rings. The first-order valence-corrected chi connectivity index (χ1v) is 3.18. The van der Waals surface area contributed by atoms with E-state index < -0.39 is 0 Å². The van der Waals surface area contributed by atoms with Crippen molar-refractivity contribution < 1.29 is 4.65 Å². The highest BCUT2D eigenvalue weighted by Gasteiger charge is 1.96. The maximum absolute atomic E-state index is 5.02. The molecule has 0 saturated heterocycles. The van der Waals surface area contributed by atoms with Gasteiger partial charge in [-0.25, -0.2) is 0 Å². The highest BCUT2D eigenvalue weighted by Crippen LogP contribution is 2.19. The molecule has 0 N–H and O–H groups in total. The van der Waals surface area contributed by atoms with Crippen LogP contribution in [0.2, 0.25) is 0 Å². The minimum atomic E-state index is 0.750. The molecule has 0 unspecified atom stereocenters. The predicted octanol–water partition coefficient (Wildman–Crippen LogP) is 1.77. The molecule has 0 bridgehead atoms. The second kappa shape index (κ2) is 2.78. The Balaban J connectivity index is 3.14. The van der Waals surface area contributed by atoms with Crippen molar-refractivity contribution in [2.75, 3.05) is 0 Å². The molecule has 1 nitrogen and oxygen atoms in total. The number of hydrogen-bond donors (Lipinski definition) is 0. The van der Waals surface area contributed by atoms with Gasteiger partial charge in [0.2, 0.25) is 0 Å². The summed E-state index contributed by atoms with van der Waals surface area (Å²) in [7, 11) is 5.02. The van der Waals surface area contributed by atoms with Gasteiger partial charge in [0.25, 0.3) is 0 Å². The molecule has 2 heteroatoms. The smallest absolute Gasteiger partial charge is 0.374 e. The van der Waals surface area contributed by atoms with Crippen LogP contribution in [0.5, 0.6) is 5.75 Å². The van der Waals surface area contributed by atoms with Gasteiger partial charge in [0.1, 0.15) is 5.75 Å². The molecule has 0 saturated carbocycles. The molecule has 0 aliphatic carbocycles. The average molecular weight is 132 g/mol. The minimum Gasteiger partial charge on any atom is -0.568 e. The maximum Gasteiger partial charge on any atom is 0.374 e. The summed E-state index contributed by atoms with van der Waals surface area (Å²) in [5.74, 6) is 0.750. The van der Waals surface area contributed by atoms with Gasteiger partial charge in [-0.2, -0.15) is 0 Å². The lowest BCUT2D eigenvalue weighted by Gasteiger charge is -2.05. The van der Waals surface area contributed by atoms with Crippen LogP contribution >= 0.6 is 0 Å². The summed E-state index contributed by atoms with van der Waals surface area (Å²) < 4.78 is 4.63. The van der Waals surface area contributed by atoms with Crippen LogP contribution in [0.15, 0.2) is 18.2 Å². The maximum atomic E-state index is 5.02. The van der Waals surface area contributed by atoms with E-state index in [4.69, 9.17) is 8.05 Å². The SMILES string of the molecule is [B]Oc1cccc(C)c1C. The Hall–Kier alpha value is -0.915. The first-order chi connectivity index (χ1) is 4.75. The zero-order valence-electron chi connectivity index (χ0n) is 6.22. The van der Waals surface area contributed by atoms with Gasteiger partial charge in [0.05, 0.1) is 0 Å². The summed E-state index contributed by atoms with van der Waals surface area (Å²) in [6.45, 7) is 4.01. The van der Waals surface area contributed by atoms with Crippen molar-refractivity contribution in [2.24, 2.45) is 0 Å². The highest BCUT2D eigenvalue weighted by molar-refractivity contribution is 6.00. The van der Waals surface area contributed by atoms with Crippen LogP contribution in [0.25, 0.3) is 0 Å². The topological polar surface area (TPSA) is 9.23 Å². The Morgan fingerprint density at radius 2 is 2.00 bits per heavy atom. The van der Waals surface area contributed by atoms with E-state index in [1.54, 1.807) is 0 Å². The molecule has 1 aromatic carbocycles. The van der Waals surface area contributed by atoms with Crippen LogP contribution in [-0.4, -0.2) is 8.05 Å². The molecule has 0 atom stereocenters.